The van der Waals surface area contributed by atoms with Crippen LogP contribution in [0.2, 0.25) is 0 Å². The van der Waals surface area contributed by atoms with Gasteiger partial charge in [0.1, 0.15) is 17.4 Å². The van der Waals surface area contributed by atoms with Crippen LogP contribution in [0.3, 0.4) is 0 Å². The molecule has 1 rings (SSSR count). The predicted octanol–water partition coefficient (Wildman–Crippen LogP) is 0.00340. The Morgan fingerprint density at radius 3 is 2.40 bits per heavy atom. The van der Waals surface area contributed by atoms with E-state index in [0.29, 0.717) is 0 Å². The molecular weight excluding hydrogens is 266 g/mol. The molecule has 0 radical (unpaired) electrons. The van der Waals surface area contributed by atoms with E-state index in [9.17, 15) is 14.4 Å². The van der Waals surface area contributed by atoms with E-state index in [-0.39, 0.29) is 11.3 Å². The fourth-order valence-corrected chi connectivity index (χ4v) is 1.29. The molecule has 0 saturated carbocycles. The zero-order chi connectivity index (χ0) is 15.3. The fraction of sp³-hybridized carbons (Fsp3) is 0.308. The van der Waals surface area contributed by atoms with Crippen LogP contribution in [0, 0.1) is 0 Å². The second-order valence-electron chi connectivity index (χ2n) is 4.06. The predicted molar refractivity (Wildman–Crippen MR) is 67.8 cm³/mol. The highest BCUT2D eigenvalue weighted by Crippen LogP contribution is 2.19. The molecule has 1 aromatic rings. The number of esters is 3. The summed E-state index contributed by atoms with van der Waals surface area (Å²) in [5.74, 6) is -2.72. The molecule has 7 heteroatoms. The Kier molecular flexibility index (Phi) is 5.36. The molecule has 108 valence electrons. The van der Waals surface area contributed by atoms with E-state index >= 15 is 0 Å². The van der Waals surface area contributed by atoms with E-state index in [1.54, 1.807) is 6.07 Å². The van der Waals surface area contributed by atoms with Gasteiger partial charge in [-0.2, -0.15) is 0 Å². The zero-order valence-corrected chi connectivity index (χ0v) is 11.0. The second kappa shape index (κ2) is 6.78. The van der Waals surface area contributed by atoms with Crippen molar-refractivity contribution >= 4 is 17.9 Å². The van der Waals surface area contributed by atoms with Gasteiger partial charge in [0.05, 0.1) is 6.10 Å². The summed E-state index contributed by atoms with van der Waals surface area (Å²) >= 11 is 0. The van der Waals surface area contributed by atoms with Gasteiger partial charge in [-0.3, -0.25) is 4.79 Å². The molecule has 0 heterocycles. The lowest BCUT2D eigenvalue weighted by molar-refractivity contribution is -0.141. The molecule has 0 aliphatic rings. The van der Waals surface area contributed by atoms with E-state index in [0.717, 1.165) is 0 Å². The highest BCUT2D eigenvalue weighted by molar-refractivity contribution is 6.00. The van der Waals surface area contributed by atoms with Crippen molar-refractivity contribution < 1.29 is 29.0 Å². The van der Waals surface area contributed by atoms with Crippen molar-refractivity contribution in [1.82, 2.24) is 0 Å². The van der Waals surface area contributed by atoms with Crippen LogP contribution >= 0.6 is 0 Å². The Hall–Kier alpha value is -2.25. The van der Waals surface area contributed by atoms with Gasteiger partial charge in [-0.25, -0.2) is 9.59 Å². The Balaban J connectivity index is 2.87. The van der Waals surface area contributed by atoms with Crippen molar-refractivity contribution in [2.45, 2.75) is 26.0 Å². The van der Waals surface area contributed by atoms with Crippen LogP contribution in [-0.2, 0) is 14.3 Å². The highest BCUT2D eigenvalue weighted by atomic mass is 16.6. The first-order chi connectivity index (χ1) is 9.32. The molecule has 0 aromatic heterocycles. The number of para-hydroxylation sites is 1. The number of aliphatic hydroxyl groups excluding tert-OH is 1. The fourth-order valence-electron chi connectivity index (χ4n) is 1.29. The van der Waals surface area contributed by atoms with E-state index in [1.165, 1.54) is 32.0 Å². The Morgan fingerprint density at radius 2 is 1.85 bits per heavy atom. The number of benzene rings is 1. The third-order valence-electron chi connectivity index (χ3n) is 2.35. The van der Waals surface area contributed by atoms with Gasteiger partial charge < -0.3 is 20.3 Å². The van der Waals surface area contributed by atoms with Crippen LogP contribution in [0.15, 0.2) is 24.3 Å². The van der Waals surface area contributed by atoms with Crippen molar-refractivity contribution in [1.29, 1.82) is 0 Å². The lowest BCUT2D eigenvalue weighted by Gasteiger charge is -2.13. The van der Waals surface area contributed by atoms with E-state index in [1.807, 2.05) is 0 Å². The molecule has 0 aliphatic heterocycles. The molecule has 7 nitrogen and oxygen atoms in total. The SMILES string of the molecule is CC(=O)Oc1ccccc1C(=O)OC(=O)C(N)C(C)O. The van der Waals surface area contributed by atoms with Crippen molar-refractivity contribution in [2.75, 3.05) is 0 Å². The van der Waals surface area contributed by atoms with Crippen LogP contribution in [-0.4, -0.2) is 35.2 Å². The number of ether oxygens (including phenoxy) is 2. The van der Waals surface area contributed by atoms with Crippen LogP contribution in [0.5, 0.6) is 5.75 Å². The monoisotopic (exact) mass is 281 g/mol. The molecule has 2 unspecified atom stereocenters. The third kappa shape index (κ3) is 4.15. The Morgan fingerprint density at radius 1 is 1.25 bits per heavy atom. The number of hydrogen-bond acceptors (Lipinski definition) is 7. The summed E-state index contributed by atoms with van der Waals surface area (Å²) in [4.78, 5) is 34.2. The van der Waals surface area contributed by atoms with Gasteiger partial charge in [-0.05, 0) is 19.1 Å². The standard InChI is InChI=1S/C13H15NO6/c1-7(15)11(14)13(18)20-12(17)9-5-3-4-6-10(9)19-8(2)16/h3-7,11,15H,14H2,1-2H3. The van der Waals surface area contributed by atoms with Gasteiger partial charge in [0.15, 0.2) is 0 Å². The summed E-state index contributed by atoms with van der Waals surface area (Å²) in [5, 5.41) is 9.14. The molecule has 0 saturated heterocycles. The molecule has 0 fully saturated rings. The maximum Gasteiger partial charge on any atom is 0.349 e. The Labute approximate surface area is 115 Å². The third-order valence-corrected chi connectivity index (χ3v) is 2.35. The van der Waals surface area contributed by atoms with Gasteiger partial charge in [0.25, 0.3) is 0 Å². The summed E-state index contributed by atoms with van der Waals surface area (Å²) in [6, 6.07) is 4.46. The van der Waals surface area contributed by atoms with E-state index in [4.69, 9.17) is 15.6 Å². The topological polar surface area (TPSA) is 116 Å². The average Bonchev–Trinajstić information content (AvgIpc) is 2.37. The van der Waals surface area contributed by atoms with Gasteiger partial charge >= 0.3 is 17.9 Å². The van der Waals surface area contributed by atoms with Crippen molar-refractivity contribution in [3.8, 4) is 5.75 Å². The molecule has 0 bridgehead atoms. The normalized spacial score (nSPS) is 13.2. The minimum atomic E-state index is -1.33. The first-order valence-corrected chi connectivity index (χ1v) is 5.80. The zero-order valence-electron chi connectivity index (χ0n) is 11.0. The number of carbonyl (C=O) groups excluding carboxylic acids is 3. The van der Waals surface area contributed by atoms with Gasteiger partial charge in [0.2, 0.25) is 0 Å². The summed E-state index contributed by atoms with van der Waals surface area (Å²) in [7, 11) is 0. The Bertz CT molecular complexity index is 525. The molecule has 0 amide bonds. The van der Waals surface area contributed by atoms with Crippen LogP contribution < -0.4 is 10.5 Å². The first-order valence-electron chi connectivity index (χ1n) is 5.80. The maximum atomic E-state index is 11.8. The summed E-state index contributed by atoms with van der Waals surface area (Å²) < 4.78 is 9.35. The number of carbonyl (C=O) groups is 3. The number of nitrogens with two attached hydrogens (primary N) is 1. The van der Waals surface area contributed by atoms with Crippen molar-refractivity contribution in [2.24, 2.45) is 5.73 Å². The average molecular weight is 281 g/mol. The quantitative estimate of drug-likeness (QED) is 0.453. The maximum absolute atomic E-state index is 11.8. The largest absolute Gasteiger partial charge is 0.426 e. The van der Waals surface area contributed by atoms with Crippen molar-refractivity contribution in [3.05, 3.63) is 29.8 Å². The summed E-state index contributed by atoms with van der Waals surface area (Å²) in [5.41, 5.74) is 5.25. The lowest BCUT2D eigenvalue weighted by atomic mass is 10.2. The van der Waals surface area contributed by atoms with Gasteiger partial charge in [-0.15, -0.1) is 0 Å². The minimum Gasteiger partial charge on any atom is -0.426 e. The summed E-state index contributed by atoms with van der Waals surface area (Å²) in [6.07, 6.45) is -1.15. The lowest BCUT2D eigenvalue weighted by Crippen LogP contribution is -2.42. The van der Waals surface area contributed by atoms with Gasteiger partial charge in [0, 0.05) is 6.92 Å². The number of rotatable bonds is 4. The van der Waals surface area contributed by atoms with Crippen LogP contribution in [0.4, 0.5) is 0 Å². The first kappa shape index (κ1) is 15.8. The molecule has 1 aromatic carbocycles. The summed E-state index contributed by atoms with van der Waals surface area (Å²) in [6.45, 7) is 2.47. The van der Waals surface area contributed by atoms with Gasteiger partial charge in [-0.1, -0.05) is 12.1 Å². The molecule has 2 atom stereocenters. The second-order valence-corrected chi connectivity index (χ2v) is 4.06. The molecule has 20 heavy (non-hydrogen) atoms. The smallest absolute Gasteiger partial charge is 0.349 e. The molecule has 0 aliphatic carbocycles. The van der Waals surface area contributed by atoms with Crippen molar-refractivity contribution in [3.63, 3.8) is 0 Å². The molecular formula is C13H15NO6. The van der Waals surface area contributed by atoms with Crippen LogP contribution in [0.25, 0.3) is 0 Å². The molecule has 0 spiro atoms. The van der Waals surface area contributed by atoms with E-state index in [2.05, 4.69) is 4.74 Å². The van der Waals surface area contributed by atoms with Crippen LogP contribution in [0.1, 0.15) is 24.2 Å². The molecule has 3 N–H and O–H groups in total. The highest BCUT2D eigenvalue weighted by Gasteiger charge is 2.25. The van der Waals surface area contributed by atoms with E-state index < -0.39 is 30.1 Å². The number of aliphatic hydroxyl groups is 1. The minimum absolute atomic E-state index is 0.0246. The number of hydrogen-bond donors (Lipinski definition) is 2.